The summed E-state index contributed by atoms with van der Waals surface area (Å²) in [5, 5.41) is 2.08. The van der Waals surface area contributed by atoms with Gasteiger partial charge in [0.25, 0.3) is 0 Å². The number of anilines is 1. The van der Waals surface area contributed by atoms with Crippen molar-refractivity contribution in [1.29, 1.82) is 0 Å². The number of hydrogen-bond donors (Lipinski definition) is 0. The number of fused-ring (bicyclic) bond motifs is 1. The number of aliphatic imine (C=N–C) groups is 1. The highest BCUT2D eigenvalue weighted by Crippen LogP contribution is 2.38. The second-order valence-electron chi connectivity index (χ2n) is 7.31. The molecule has 0 saturated carbocycles. The smallest absolute Gasteiger partial charge is 0.164 e. The van der Waals surface area contributed by atoms with Crippen LogP contribution < -0.4 is 4.90 Å². The topological polar surface area (TPSA) is 49.7 Å². The first-order valence-electron chi connectivity index (χ1n) is 8.95. The first-order valence-corrected chi connectivity index (χ1v) is 12.5. The molecular formula is C20H20Cl2N2O2S2. The van der Waals surface area contributed by atoms with Gasteiger partial charge in [0.1, 0.15) is 0 Å². The first kappa shape index (κ1) is 20.1. The van der Waals surface area contributed by atoms with E-state index in [2.05, 4.69) is 23.1 Å². The molecule has 28 heavy (non-hydrogen) atoms. The van der Waals surface area contributed by atoms with Gasteiger partial charge >= 0.3 is 0 Å². The normalized spacial score (nSPS) is 23.0. The molecule has 1 fully saturated rings. The third-order valence-electron chi connectivity index (χ3n) is 5.10. The molecule has 1 saturated heterocycles. The third-order valence-corrected chi connectivity index (χ3v) is 8.40. The second-order valence-corrected chi connectivity index (χ2v) is 11.2. The molecule has 2 heterocycles. The molecular weight excluding hydrogens is 435 g/mol. The molecule has 2 aliphatic rings. The summed E-state index contributed by atoms with van der Waals surface area (Å²) in [5.41, 5.74) is 4.24. The Balaban J connectivity index is 1.66. The zero-order valence-corrected chi connectivity index (χ0v) is 18.7. The maximum atomic E-state index is 12.2. The van der Waals surface area contributed by atoms with Crippen LogP contribution in [0.25, 0.3) is 0 Å². The molecule has 2 atom stereocenters. The van der Waals surface area contributed by atoms with Crippen molar-refractivity contribution in [3.8, 4) is 0 Å². The second kappa shape index (κ2) is 7.56. The van der Waals surface area contributed by atoms with E-state index in [-0.39, 0.29) is 23.6 Å². The average Bonchev–Trinajstić information content (AvgIpc) is 3.07. The molecule has 2 aromatic rings. The Morgan fingerprint density at radius 1 is 1.14 bits per heavy atom. The standard InChI is InChI=1S/C20H20Cl2N2O2S2/c1-12-3-4-13(2)18(7-12)24-19-11-28(25,26)10-17(19)23-20(24)27-9-14-5-6-15(21)8-16(14)22/h3-8,17,19H,9-11H2,1-2H3/t17-,19-/m1/s1. The molecule has 148 valence electrons. The summed E-state index contributed by atoms with van der Waals surface area (Å²) >= 11 is 13.9. The van der Waals surface area contributed by atoms with E-state index < -0.39 is 9.84 Å². The van der Waals surface area contributed by atoms with Gasteiger partial charge in [-0.1, -0.05) is 53.2 Å². The van der Waals surface area contributed by atoms with Crippen molar-refractivity contribution in [2.24, 2.45) is 4.99 Å². The van der Waals surface area contributed by atoms with Crippen LogP contribution in [0.3, 0.4) is 0 Å². The lowest BCUT2D eigenvalue weighted by Gasteiger charge is -2.28. The number of halogens is 2. The number of sulfone groups is 1. The molecule has 0 aromatic heterocycles. The predicted octanol–water partition coefficient (Wildman–Crippen LogP) is 4.89. The van der Waals surface area contributed by atoms with Crippen molar-refractivity contribution >= 4 is 55.7 Å². The molecule has 0 N–H and O–H groups in total. The van der Waals surface area contributed by atoms with Gasteiger partial charge in [0.05, 0.1) is 23.6 Å². The van der Waals surface area contributed by atoms with E-state index in [0.29, 0.717) is 15.8 Å². The highest BCUT2D eigenvalue weighted by molar-refractivity contribution is 8.13. The summed E-state index contributed by atoms with van der Waals surface area (Å²) in [7, 11) is -3.07. The Bertz CT molecular complexity index is 1070. The highest BCUT2D eigenvalue weighted by atomic mass is 35.5. The van der Waals surface area contributed by atoms with Crippen molar-refractivity contribution in [3.05, 3.63) is 63.1 Å². The van der Waals surface area contributed by atoms with Gasteiger partial charge in [0, 0.05) is 21.5 Å². The summed E-state index contributed by atoms with van der Waals surface area (Å²) < 4.78 is 24.4. The molecule has 8 heteroatoms. The quantitative estimate of drug-likeness (QED) is 0.662. The fourth-order valence-electron chi connectivity index (χ4n) is 3.67. The lowest BCUT2D eigenvalue weighted by Crippen LogP contribution is -2.39. The maximum Gasteiger partial charge on any atom is 0.164 e. The van der Waals surface area contributed by atoms with Gasteiger partial charge in [-0.3, -0.25) is 4.99 Å². The summed E-state index contributed by atoms with van der Waals surface area (Å²) in [6, 6.07) is 11.4. The van der Waals surface area contributed by atoms with Crippen LogP contribution in [0.4, 0.5) is 5.69 Å². The fraction of sp³-hybridized carbons (Fsp3) is 0.350. The molecule has 0 spiro atoms. The molecule has 0 radical (unpaired) electrons. The van der Waals surface area contributed by atoms with Gasteiger partial charge in [0.15, 0.2) is 15.0 Å². The molecule has 0 unspecified atom stereocenters. The molecule has 2 aliphatic heterocycles. The van der Waals surface area contributed by atoms with E-state index in [1.165, 1.54) is 0 Å². The number of amidine groups is 1. The summed E-state index contributed by atoms with van der Waals surface area (Å²) in [6.07, 6.45) is 0. The van der Waals surface area contributed by atoms with Crippen LogP contribution in [0, 0.1) is 13.8 Å². The number of benzene rings is 2. The Labute approximate surface area is 179 Å². The zero-order valence-electron chi connectivity index (χ0n) is 15.5. The van der Waals surface area contributed by atoms with E-state index in [4.69, 9.17) is 28.2 Å². The van der Waals surface area contributed by atoms with Gasteiger partial charge in [-0.05, 0) is 48.7 Å². The Kier molecular flexibility index (Phi) is 5.42. The van der Waals surface area contributed by atoms with Crippen LogP contribution in [0.2, 0.25) is 10.0 Å². The van der Waals surface area contributed by atoms with Gasteiger partial charge in [0.2, 0.25) is 0 Å². The van der Waals surface area contributed by atoms with Gasteiger partial charge < -0.3 is 4.90 Å². The largest absolute Gasteiger partial charge is 0.315 e. The van der Waals surface area contributed by atoms with Crippen LogP contribution in [-0.2, 0) is 15.6 Å². The number of hydrogen-bond acceptors (Lipinski definition) is 5. The molecule has 0 aliphatic carbocycles. The molecule has 2 aromatic carbocycles. The molecule has 0 bridgehead atoms. The highest BCUT2D eigenvalue weighted by Gasteiger charge is 2.47. The van der Waals surface area contributed by atoms with E-state index >= 15 is 0 Å². The lowest BCUT2D eigenvalue weighted by atomic mass is 10.1. The van der Waals surface area contributed by atoms with Crippen molar-refractivity contribution < 1.29 is 8.42 Å². The van der Waals surface area contributed by atoms with Crippen LogP contribution in [0.1, 0.15) is 16.7 Å². The number of rotatable bonds is 3. The lowest BCUT2D eigenvalue weighted by molar-refractivity contribution is 0.601. The summed E-state index contributed by atoms with van der Waals surface area (Å²) in [4.78, 5) is 6.91. The third kappa shape index (κ3) is 3.92. The van der Waals surface area contributed by atoms with Gasteiger partial charge in [-0.25, -0.2) is 8.42 Å². The summed E-state index contributed by atoms with van der Waals surface area (Å²) in [6.45, 7) is 4.09. The molecule has 4 rings (SSSR count). The van der Waals surface area contributed by atoms with Gasteiger partial charge in [-0.15, -0.1) is 0 Å². The summed E-state index contributed by atoms with van der Waals surface area (Å²) in [5.74, 6) is 0.896. The van der Waals surface area contributed by atoms with Crippen molar-refractivity contribution in [3.63, 3.8) is 0 Å². The zero-order chi connectivity index (χ0) is 20.1. The van der Waals surface area contributed by atoms with E-state index in [1.54, 1.807) is 17.8 Å². The minimum Gasteiger partial charge on any atom is -0.315 e. The molecule has 4 nitrogen and oxygen atoms in total. The Hall–Kier alpha value is -1.21. The van der Waals surface area contributed by atoms with E-state index in [0.717, 1.165) is 27.5 Å². The van der Waals surface area contributed by atoms with Gasteiger partial charge in [-0.2, -0.15) is 0 Å². The maximum absolute atomic E-state index is 12.2. The number of aryl methyl sites for hydroxylation is 2. The van der Waals surface area contributed by atoms with Crippen molar-refractivity contribution in [1.82, 2.24) is 0 Å². The fourth-order valence-corrected chi connectivity index (χ4v) is 7.19. The Morgan fingerprint density at radius 3 is 2.68 bits per heavy atom. The van der Waals surface area contributed by atoms with Crippen LogP contribution in [0.15, 0.2) is 41.4 Å². The first-order chi connectivity index (χ1) is 13.2. The minimum absolute atomic E-state index is 0.116. The SMILES string of the molecule is Cc1ccc(C)c(N2C(SCc3ccc(Cl)cc3Cl)=N[C@@H]3CS(=O)(=O)C[C@H]32)c1. The molecule has 0 amide bonds. The average molecular weight is 455 g/mol. The number of thioether (sulfide) groups is 1. The van der Waals surface area contributed by atoms with E-state index in [9.17, 15) is 8.42 Å². The minimum atomic E-state index is -3.07. The predicted molar refractivity (Wildman–Crippen MR) is 120 cm³/mol. The van der Waals surface area contributed by atoms with Crippen LogP contribution in [0.5, 0.6) is 0 Å². The van der Waals surface area contributed by atoms with E-state index in [1.807, 2.05) is 26.0 Å². The number of nitrogens with zero attached hydrogens (tertiary/aromatic N) is 2. The van der Waals surface area contributed by atoms with Crippen LogP contribution in [-0.4, -0.2) is 37.2 Å². The van der Waals surface area contributed by atoms with Crippen molar-refractivity contribution in [2.45, 2.75) is 31.7 Å². The van der Waals surface area contributed by atoms with Crippen LogP contribution >= 0.6 is 35.0 Å². The Morgan fingerprint density at radius 2 is 1.93 bits per heavy atom. The monoisotopic (exact) mass is 454 g/mol. The van der Waals surface area contributed by atoms with Crippen molar-refractivity contribution in [2.75, 3.05) is 16.4 Å².